The van der Waals surface area contributed by atoms with Crippen molar-refractivity contribution in [3.63, 3.8) is 0 Å². The average molecular weight is 380 g/mol. The maximum absolute atomic E-state index is 13.1. The van der Waals surface area contributed by atoms with Crippen LogP contribution in [0.25, 0.3) is 0 Å². The van der Waals surface area contributed by atoms with Crippen LogP contribution in [0.15, 0.2) is 48.5 Å². The molecular formula is C19H19F3N2O3. The largest absolute Gasteiger partial charge is 0.433 e. The summed E-state index contributed by atoms with van der Waals surface area (Å²) in [5, 5.41) is 2.60. The second kappa shape index (κ2) is 8.88. The van der Waals surface area contributed by atoms with Gasteiger partial charge in [0.1, 0.15) is 11.6 Å². The number of nitrogens with one attached hydrogen (secondary N) is 1. The van der Waals surface area contributed by atoms with Crippen LogP contribution in [0.5, 0.6) is 5.75 Å². The first-order valence-corrected chi connectivity index (χ1v) is 8.44. The van der Waals surface area contributed by atoms with Crippen LogP contribution in [0.1, 0.15) is 11.7 Å². The molecule has 5 nitrogen and oxygen atoms in total. The molecule has 8 heteroatoms. The topological polar surface area (TPSA) is 50.8 Å². The summed E-state index contributed by atoms with van der Waals surface area (Å²) in [4.78, 5) is 14.2. The first-order valence-electron chi connectivity index (χ1n) is 8.44. The van der Waals surface area contributed by atoms with E-state index in [-0.39, 0.29) is 35.8 Å². The smallest absolute Gasteiger partial charge is 0.387 e. The summed E-state index contributed by atoms with van der Waals surface area (Å²) < 4.78 is 48.1. The number of amides is 1. The van der Waals surface area contributed by atoms with Gasteiger partial charge in [-0.2, -0.15) is 8.78 Å². The Balaban J connectivity index is 1.58. The van der Waals surface area contributed by atoms with Gasteiger partial charge in [-0.3, -0.25) is 9.69 Å². The number of carbonyl (C=O) groups is 1. The van der Waals surface area contributed by atoms with Crippen LogP contribution in [0.3, 0.4) is 0 Å². The summed E-state index contributed by atoms with van der Waals surface area (Å²) in [5.74, 6) is -0.762. The summed E-state index contributed by atoms with van der Waals surface area (Å²) in [5.41, 5.74) is 1.02. The maximum Gasteiger partial charge on any atom is 0.387 e. The van der Waals surface area contributed by atoms with E-state index in [1.54, 1.807) is 24.3 Å². The van der Waals surface area contributed by atoms with Crippen LogP contribution in [0.4, 0.5) is 18.9 Å². The van der Waals surface area contributed by atoms with Crippen LogP contribution in [-0.4, -0.2) is 43.7 Å². The normalized spacial score (nSPS) is 17.7. The second-order valence-corrected chi connectivity index (χ2v) is 6.07. The van der Waals surface area contributed by atoms with Crippen molar-refractivity contribution in [3.05, 3.63) is 59.9 Å². The average Bonchev–Trinajstić information content (AvgIpc) is 2.64. The van der Waals surface area contributed by atoms with E-state index in [0.29, 0.717) is 19.7 Å². The third-order valence-electron chi connectivity index (χ3n) is 4.14. The number of ether oxygens (including phenoxy) is 2. The number of hydrogen-bond donors (Lipinski definition) is 1. The zero-order valence-electron chi connectivity index (χ0n) is 14.4. The molecule has 1 N–H and O–H groups in total. The lowest BCUT2D eigenvalue weighted by Crippen LogP contribution is -2.42. The van der Waals surface area contributed by atoms with Crippen molar-refractivity contribution < 1.29 is 27.4 Å². The van der Waals surface area contributed by atoms with E-state index in [4.69, 9.17) is 4.74 Å². The highest BCUT2D eigenvalue weighted by Gasteiger charge is 2.24. The van der Waals surface area contributed by atoms with E-state index in [1.165, 1.54) is 24.3 Å². The molecule has 144 valence electrons. The zero-order chi connectivity index (χ0) is 19.2. The number of carbonyl (C=O) groups excluding carboxylic acids is 1. The van der Waals surface area contributed by atoms with E-state index in [0.717, 1.165) is 5.56 Å². The first-order chi connectivity index (χ1) is 13.0. The Bertz CT molecular complexity index is 771. The number of para-hydroxylation sites is 2. The minimum atomic E-state index is -2.97. The predicted octanol–water partition coefficient (Wildman–Crippen LogP) is 3.44. The standard InChI is InChI=1S/C19H19F3N2O3/c20-14-7-5-13(6-8-14)17-11-24(9-10-26-17)12-18(25)23-15-3-1-2-4-16(15)27-19(21)22/h1-8,17,19H,9-12H2,(H,23,25)/t17-/m1/s1. The molecule has 1 heterocycles. The lowest BCUT2D eigenvalue weighted by Gasteiger charge is -2.32. The van der Waals surface area contributed by atoms with Crippen LogP contribution < -0.4 is 10.1 Å². The van der Waals surface area contributed by atoms with Crippen molar-refractivity contribution in [1.29, 1.82) is 0 Å². The van der Waals surface area contributed by atoms with E-state index >= 15 is 0 Å². The molecule has 1 saturated heterocycles. The summed E-state index contributed by atoms with van der Waals surface area (Å²) in [6.45, 7) is -1.45. The number of morpholine rings is 1. The Morgan fingerprint density at radius 3 is 2.70 bits per heavy atom. The summed E-state index contributed by atoms with van der Waals surface area (Å²) in [6, 6.07) is 12.1. The molecule has 0 unspecified atom stereocenters. The van der Waals surface area contributed by atoms with Crippen molar-refractivity contribution in [3.8, 4) is 5.75 Å². The van der Waals surface area contributed by atoms with Crippen LogP contribution in [0.2, 0.25) is 0 Å². The van der Waals surface area contributed by atoms with Crippen molar-refractivity contribution in [2.45, 2.75) is 12.7 Å². The molecule has 1 aliphatic rings. The molecule has 0 saturated carbocycles. The number of benzene rings is 2. The SMILES string of the molecule is O=C(CN1CCO[C@@H](c2ccc(F)cc2)C1)Nc1ccccc1OC(F)F. The van der Waals surface area contributed by atoms with Gasteiger partial charge in [-0.15, -0.1) is 0 Å². The Labute approximate surface area is 154 Å². The van der Waals surface area contributed by atoms with E-state index in [1.807, 2.05) is 4.90 Å². The molecular weight excluding hydrogens is 361 g/mol. The molecule has 2 aromatic rings. The quantitative estimate of drug-likeness (QED) is 0.834. The molecule has 0 aromatic heterocycles. The summed E-state index contributed by atoms with van der Waals surface area (Å²) >= 11 is 0. The molecule has 0 bridgehead atoms. The molecule has 27 heavy (non-hydrogen) atoms. The number of anilines is 1. The third kappa shape index (κ3) is 5.45. The van der Waals surface area contributed by atoms with Crippen molar-refractivity contribution in [1.82, 2.24) is 4.90 Å². The van der Waals surface area contributed by atoms with Crippen molar-refractivity contribution >= 4 is 11.6 Å². The van der Waals surface area contributed by atoms with Gasteiger partial charge in [0, 0.05) is 13.1 Å². The van der Waals surface area contributed by atoms with Gasteiger partial charge in [-0.25, -0.2) is 4.39 Å². The minimum absolute atomic E-state index is 0.0735. The summed E-state index contributed by atoms with van der Waals surface area (Å²) in [7, 11) is 0. The van der Waals surface area contributed by atoms with Gasteiger partial charge in [0.05, 0.1) is 24.9 Å². The lowest BCUT2D eigenvalue weighted by atomic mass is 10.1. The number of alkyl halides is 2. The fourth-order valence-electron chi connectivity index (χ4n) is 2.89. The number of hydrogen-bond acceptors (Lipinski definition) is 4. The van der Waals surface area contributed by atoms with Gasteiger partial charge in [0.25, 0.3) is 0 Å². The Morgan fingerprint density at radius 2 is 1.96 bits per heavy atom. The van der Waals surface area contributed by atoms with Crippen LogP contribution in [0, 0.1) is 5.82 Å². The van der Waals surface area contributed by atoms with Crippen LogP contribution >= 0.6 is 0 Å². The highest BCUT2D eigenvalue weighted by molar-refractivity contribution is 5.93. The molecule has 0 spiro atoms. The predicted molar refractivity (Wildman–Crippen MR) is 93.2 cm³/mol. The van der Waals surface area contributed by atoms with Gasteiger partial charge in [-0.05, 0) is 29.8 Å². The van der Waals surface area contributed by atoms with E-state index in [2.05, 4.69) is 10.1 Å². The maximum atomic E-state index is 13.1. The van der Waals surface area contributed by atoms with E-state index < -0.39 is 6.61 Å². The number of halogens is 3. The summed E-state index contributed by atoms with van der Waals surface area (Å²) in [6.07, 6.45) is -0.262. The second-order valence-electron chi connectivity index (χ2n) is 6.07. The number of rotatable bonds is 6. The number of nitrogens with zero attached hydrogens (tertiary/aromatic N) is 1. The first kappa shape index (κ1) is 19.2. The molecule has 3 rings (SSSR count). The third-order valence-corrected chi connectivity index (χ3v) is 4.14. The highest BCUT2D eigenvalue weighted by atomic mass is 19.3. The molecule has 0 aliphatic carbocycles. The van der Waals surface area contributed by atoms with Gasteiger partial charge in [0.2, 0.25) is 5.91 Å². The lowest BCUT2D eigenvalue weighted by molar-refractivity contribution is -0.119. The Kier molecular flexibility index (Phi) is 6.31. The zero-order valence-corrected chi connectivity index (χ0v) is 14.4. The minimum Gasteiger partial charge on any atom is -0.433 e. The monoisotopic (exact) mass is 380 g/mol. The molecule has 1 fully saturated rings. The van der Waals surface area contributed by atoms with Gasteiger partial charge in [0.15, 0.2) is 0 Å². The Hall–Kier alpha value is -2.58. The van der Waals surface area contributed by atoms with E-state index in [9.17, 15) is 18.0 Å². The molecule has 1 aliphatic heterocycles. The van der Waals surface area contributed by atoms with Gasteiger partial charge in [-0.1, -0.05) is 24.3 Å². The molecule has 0 radical (unpaired) electrons. The Morgan fingerprint density at radius 1 is 1.22 bits per heavy atom. The fraction of sp³-hybridized carbons (Fsp3) is 0.316. The van der Waals surface area contributed by atoms with Gasteiger partial charge < -0.3 is 14.8 Å². The fourth-order valence-corrected chi connectivity index (χ4v) is 2.89. The van der Waals surface area contributed by atoms with Crippen molar-refractivity contribution in [2.75, 3.05) is 31.6 Å². The van der Waals surface area contributed by atoms with Crippen molar-refractivity contribution in [2.24, 2.45) is 0 Å². The highest BCUT2D eigenvalue weighted by Crippen LogP contribution is 2.26. The van der Waals surface area contributed by atoms with Gasteiger partial charge >= 0.3 is 6.61 Å². The molecule has 2 aromatic carbocycles. The molecule has 1 amide bonds. The van der Waals surface area contributed by atoms with Crippen LogP contribution in [-0.2, 0) is 9.53 Å². The molecule has 1 atom stereocenters.